The number of piperazine rings is 1. The molecule has 0 radical (unpaired) electrons. The highest BCUT2D eigenvalue weighted by Crippen LogP contribution is 2.28. The van der Waals surface area contributed by atoms with Crippen molar-refractivity contribution in [2.75, 3.05) is 33.2 Å². The molecule has 20 heavy (non-hydrogen) atoms. The maximum Gasteiger partial charge on any atom is 0.263 e. The first kappa shape index (κ1) is 15.4. The van der Waals surface area contributed by atoms with Crippen molar-refractivity contribution < 1.29 is 9.53 Å². The summed E-state index contributed by atoms with van der Waals surface area (Å²) in [7, 11) is 2.05. The molecule has 1 heterocycles. The lowest BCUT2D eigenvalue weighted by molar-refractivity contribution is -0.139. The predicted octanol–water partition coefficient (Wildman–Crippen LogP) is 2.53. The number of halogens is 2. The minimum Gasteiger partial charge on any atom is -0.479 e. The Bertz CT molecular complexity index is 488. The highest BCUT2D eigenvalue weighted by molar-refractivity contribution is 6.35. The van der Waals surface area contributed by atoms with E-state index in [2.05, 4.69) is 11.9 Å². The minimum atomic E-state index is -0.558. The van der Waals surface area contributed by atoms with E-state index >= 15 is 0 Å². The van der Waals surface area contributed by atoms with Crippen LogP contribution in [0.1, 0.15) is 6.92 Å². The summed E-state index contributed by atoms with van der Waals surface area (Å²) in [4.78, 5) is 16.3. The highest BCUT2D eigenvalue weighted by Gasteiger charge is 2.25. The van der Waals surface area contributed by atoms with E-state index < -0.39 is 6.10 Å². The Kier molecular flexibility index (Phi) is 5.13. The second-order valence-corrected chi connectivity index (χ2v) is 5.81. The van der Waals surface area contributed by atoms with Gasteiger partial charge < -0.3 is 14.5 Å². The smallest absolute Gasteiger partial charge is 0.263 e. The second-order valence-electron chi connectivity index (χ2n) is 4.96. The van der Waals surface area contributed by atoms with Crippen molar-refractivity contribution >= 4 is 29.1 Å². The summed E-state index contributed by atoms with van der Waals surface area (Å²) in [5.74, 6) is 0.468. The van der Waals surface area contributed by atoms with Crippen LogP contribution in [0.4, 0.5) is 0 Å². The lowest BCUT2D eigenvalue weighted by Crippen LogP contribution is -2.50. The van der Waals surface area contributed by atoms with Crippen LogP contribution in [0.2, 0.25) is 10.0 Å². The van der Waals surface area contributed by atoms with Crippen molar-refractivity contribution in [1.82, 2.24) is 9.80 Å². The minimum absolute atomic E-state index is 0.0101. The van der Waals surface area contributed by atoms with E-state index in [1.54, 1.807) is 25.1 Å². The summed E-state index contributed by atoms with van der Waals surface area (Å²) in [5, 5.41) is 0.955. The molecule has 0 N–H and O–H groups in total. The molecule has 2 rings (SSSR count). The molecular weight excluding hydrogens is 299 g/mol. The second kappa shape index (κ2) is 6.66. The predicted molar refractivity (Wildman–Crippen MR) is 80.6 cm³/mol. The Morgan fingerprint density at radius 2 is 1.90 bits per heavy atom. The maximum absolute atomic E-state index is 12.3. The van der Waals surface area contributed by atoms with Gasteiger partial charge in [-0.15, -0.1) is 0 Å². The van der Waals surface area contributed by atoms with Gasteiger partial charge in [-0.3, -0.25) is 4.79 Å². The SMILES string of the molecule is C[C@H](Oc1ccc(Cl)cc1Cl)C(=O)N1CCN(C)CC1. The first-order valence-corrected chi connectivity index (χ1v) is 7.32. The van der Waals surface area contributed by atoms with E-state index in [1.807, 2.05) is 4.90 Å². The number of benzene rings is 1. The average Bonchev–Trinajstić information content (AvgIpc) is 2.42. The number of ether oxygens (including phenoxy) is 1. The maximum atomic E-state index is 12.3. The van der Waals surface area contributed by atoms with Crippen LogP contribution in [-0.4, -0.2) is 55.0 Å². The third-order valence-electron chi connectivity index (χ3n) is 3.36. The van der Waals surface area contributed by atoms with E-state index in [1.165, 1.54) is 0 Å². The molecule has 0 bridgehead atoms. The van der Waals surface area contributed by atoms with E-state index in [0.29, 0.717) is 15.8 Å². The molecule has 1 amide bonds. The molecule has 110 valence electrons. The average molecular weight is 317 g/mol. The van der Waals surface area contributed by atoms with E-state index in [0.717, 1.165) is 26.2 Å². The molecule has 0 spiro atoms. The van der Waals surface area contributed by atoms with Crippen LogP contribution in [-0.2, 0) is 4.79 Å². The van der Waals surface area contributed by atoms with Crippen LogP contribution in [0.15, 0.2) is 18.2 Å². The van der Waals surface area contributed by atoms with Gasteiger partial charge in [0.15, 0.2) is 6.10 Å². The molecular formula is C14H18Cl2N2O2. The third kappa shape index (κ3) is 3.78. The van der Waals surface area contributed by atoms with Crippen molar-refractivity contribution in [3.05, 3.63) is 28.2 Å². The van der Waals surface area contributed by atoms with Crippen LogP contribution in [0, 0.1) is 0 Å². The Morgan fingerprint density at radius 3 is 2.50 bits per heavy atom. The summed E-state index contributed by atoms with van der Waals surface area (Å²) < 4.78 is 5.65. The van der Waals surface area contributed by atoms with Crippen LogP contribution in [0.3, 0.4) is 0 Å². The number of nitrogens with zero attached hydrogens (tertiary/aromatic N) is 2. The number of carbonyl (C=O) groups excluding carboxylic acids is 1. The van der Waals surface area contributed by atoms with Crippen molar-refractivity contribution in [3.63, 3.8) is 0 Å². The van der Waals surface area contributed by atoms with Gasteiger partial charge in [0.1, 0.15) is 5.75 Å². The molecule has 1 aromatic rings. The number of amides is 1. The first-order chi connectivity index (χ1) is 9.47. The molecule has 1 aliphatic rings. The molecule has 1 fully saturated rings. The van der Waals surface area contributed by atoms with Crippen LogP contribution >= 0.6 is 23.2 Å². The van der Waals surface area contributed by atoms with Crippen molar-refractivity contribution in [3.8, 4) is 5.75 Å². The molecule has 6 heteroatoms. The fraction of sp³-hybridized carbons (Fsp3) is 0.500. The van der Waals surface area contributed by atoms with E-state index in [4.69, 9.17) is 27.9 Å². The quantitative estimate of drug-likeness (QED) is 0.859. The number of hydrogen-bond donors (Lipinski definition) is 0. The zero-order valence-electron chi connectivity index (χ0n) is 11.6. The lowest BCUT2D eigenvalue weighted by atomic mass is 10.2. The van der Waals surface area contributed by atoms with E-state index in [-0.39, 0.29) is 5.91 Å². The zero-order chi connectivity index (χ0) is 14.7. The van der Waals surface area contributed by atoms with E-state index in [9.17, 15) is 4.79 Å². The molecule has 1 aromatic carbocycles. The normalized spacial score (nSPS) is 17.9. The number of carbonyl (C=O) groups is 1. The Labute approximate surface area is 129 Å². The summed E-state index contributed by atoms with van der Waals surface area (Å²) in [6.45, 7) is 4.99. The summed E-state index contributed by atoms with van der Waals surface area (Å²) >= 11 is 11.9. The molecule has 1 atom stereocenters. The van der Waals surface area contributed by atoms with Gasteiger partial charge in [-0.25, -0.2) is 0 Å². The standard InChI is InChI=1S/C14H18Cl2N2O2/c1-10(14(19)18-7-5-17(2)6-8-18)20-13-4-3-11(15)9-12(13)16/h3-4,9-10H,5-8H2,1-2H3/t10-/m0/s1. The topological polar surface area (TPSA) is 32.8 Å². The largest absolute Gasteiger partial charge is 0.479 e. The summed E-state index contributed by atoms with van der Waals surface area (Å²) in [6, 6.07) is 4.97. The Hall–Kier alpha value is -0.970. The molecule has 0 saturated carbocycles. The molecule has 1 aliphatic heterocycles. The summed E-state index contributed by atoms with van der Waals surface area (Å²) in [5.41, 5.74) is 0. The molecule has 1 saturated heterocycles. The van der Waals surface area contributed by atoms with Crippen LogP contribution in [0.5, 0.6) is 5.75 Å². The molecule has 0 unspecified atom stereocenters. The summed E-state index contributed by atoms with van der Waals surface area (Å²) in [6.07, 6.45) is -0.558. The van der Waals surface area contributed by atoms with Crippen LogP contribution < -0.4 is 4.74 Å². The van der Waals surface area contributed by atoms with Gasteiger partial charge in [0.25, 0.3) is 5.91 Å². The van der Waals surface area contributed by atoms with Crippen molar-refractivity contribution in [1.29, 1.82) is 0 Å². The highest BCUT2D eigenvalue weighted by atomic mass is 35.5. The van der Waals surface area contributed by atoms with Gasteiger partial charge in [-0.1, -0.05) is 23.2 Å². The Morgan fingerprint density at radius 1 is 1.25 bits per heavy atom. The fourth-order valence-electron chi connectivity index (χ4n) is 2.10. The van der Waals surface area contributed by atoms with Gasteiger partial charge in [0, 0.05) is 31.2 Å². The Balaban J connectivity index is 1.97. The molecule has 0 aromatic heterocycles. The van der Waals surface area contributed by atoms with Crippen molar-refractivity contribution in [2.45, 2.75) is 13.0 Å². The van der Waals surface area contributed by atoms with Crippen LogP contribution in [0.25, 0.3) is 0 Å². The molecule has 4 nitrogen and oxygen atoms in total. The fourth-order valence-corrected chi connectivity index (χ4v) is 2.55. The van der Waals surface area contributed by atoms with Gasteiger partial charge in [-0.2, -0.15) is 0 Å². The number of likely N-dealkylation sites (N-methyl/N-ethyl adjacent to an activating group) is 1. The zero-order valence-corrected chi connectivity index (χ0v) is 13.1. The van der Waals surface area contributed by atoms with Gasteiger partial charge in [0.2, 0.25) is 0 Å². The monoisotopic (exact) mass is 316 g/mol. The van der Waals surface area contributed by atoms with Gasteiger partial charge in [-0.05, 0) is 32.2 Å². The third-order valence-corrected chi connectivity index (χ3v) is 3.89. The van der Waals surface area contributed by atoms with Gasteiger partial charge >= 0.3 is 0 Å². The van der Waals surface area contributed by atoms with Crippen molar-refractivity contribution in [2.24, 2.45) is 0 Å². The number of rotatable bonds is 3. The van der Waals surface area contributed by atoms with Gasteiger partial charge in [0.05, 0.1) is 5.02 Å². The molecule has 0 aliphatic carbocycles. The first-order valence-electron chi connectivity index (χ1n) is 6.56. The number of hydrogen-bond acceptors (Lipinski definition) is 3. The lowest BCUT2D eigenvalue weighted by Gasteiger charge is -2.33.